The summed E-state index contributed by atoms with van der Waals surface area (Å²) < 4.78 is 78.1. The van der Waals surface area contributed by atoms with Gasteiger partial charge in [-0.3, -0.25) is 9.80 Å². The number of alkyl halides is 6. The fourth-order valence-electron chi connectivity index (χ4n) is 4.25. The van der Waals surface area contributed by atoms with Crippen molar-refractivity contribution in [3.8, 4) is 0 Å². The number of rotatable bonds is 8. The number of hydrogen-bond donors (Lipinski definition) is 0. The molecule has 0 saturated heterocycles. The molecular weight excluding hydrogens is 540 g/mol. The second kappa shape index (κ2) is 11.1. The van der Waals surface area contributed by atoms with E-state index in [-0.39, 0.29) is 6.54 Å². The molecule has 1 heterocycles. The Balaban J connectivity index is 1.84. The van der Waals surface area contributed by atoms with Gasteiger partial charge >= 0.3 is 12.4 Å². The van der Waals surface area contributed by atoms with Crippen molar-refractivity contribution < 1.29 is 31.1 Å². The minimum atomic E-state index is -4.59. The normalized spacial score (nSPS) is 18.2. The molecule has 0 N–H and O–H groups in total. The first-order chi connectivity index (χ1) is 17.2. The van der Waals surface area contributed by atoms with Crippen LogP contribution >= 0.6 is 23.4 Å². The lowest BCUT2D eigenvalue weighted by Gasteiger charge is -2.27. The first-order valence-corrected chi connectivity index (χ1v) is 13.1. The van der Waals surface area contributed by atoms with E-state index in [1.807, 2.05) is 13.2 Å². The predicted molar refractivity (Wildman–Crippen MR) is 135 cm³/mol. The molecule has 0 aromatic heterocycles. The number of hydrazone groups is 1. The lowest BCUT2D eigenvalue weighted by molar-refractivity contribution is -0.138. The zero-order valence-electron chi connectivity index (χ0n) is 20.4. The third-order valence-electron chi connectivity index (χ3n) is 6.24. The minimum absolute atomic E-state index is 0.159. The number of nitrogens with zero attached hydrogens (tertiary/aromatic N) is 3. The van der Waals surface area contributed by atoms with Crippen LogP contribution in [0.4, 0.5) is 32.0 Å². The van der Waals surface area contributed by atoms with Gasteiger partial charge in [-0.1, -0.05) is 24.6 Å². The highest BCUT2D eigenvalue weighted by molar-refractivity contribution is 7.98. The van der Waals surface area contributed by atoms with Gasteiger partial charge in [-0.25, -0.2) is 0 Å². The first kappa shape index (κ1) is 29.2. The van der Waals surface area contributed by atoms with Gasteiger partial charge in [0.25, 0.3) is 0 Å². The molecule has 202 valence electrons. The van der Waals surface area contributed by atoms with Gasteiger partial charge in [0.1, 0.15) is 6.54 Å². The third-order valence-corrected chi connectivity index (χ3v) is 7.25. The zero-order chi connectivity index (χ0) is 27.6. The Bertz CT molecular complexity index is 1150. The maximum Gasteiger partial charge on any atom is 0.417 e. The van der Waals surface area contributed by atoms with Gasteiger partial charge in [0.05, 0.1) is 21.9 Å². The van der Waals surface area contributed by atoms with Crippen molar-refractivity contribution in [1.29, 1.82) is 0 Å². The Morgan fingerprint density at radius 2 is 1.76 bits per heavy atom. The summed E-state index contributed by atoms with van der Waals surface area (Å²) in [6.45, 7) is 2.14. The SMILES string of the molecule is CSCCCC1(C)CN(CC(=O)N(C)c2ccc(C(F)(F)F)cc2)N=C1c1ccc(C(F)(F)F)c(Cl)c1. The molecule has 0 saturated carbocycles. The number of halogens is 7. The molecule has 2 aromatic rings. The summed E-state index contributed by atoms with van der Waals surface area (Å²) in [7, 11) is 1.46. The Hall–Kier alpha value is -2.40. The molecule has 3 rings (SSSR count). The molecule has 1 amide bonds. The number of benzene rings is 2. The van der Waals surface area contributed by atoms with Crippen LogP contribution in [0.1, 0.15) is 36.5 Å². The molecule has 0 fully saturated rings. The van der Waals surface area contributed by atoms with Crippen LogP contribution in [0.2, 0.25) is 5.02 Å². The van der Waals surface area contributed by atoms with Crippen LogP contribution < -0.4 is 4.90 Å². The summed E-state index contributed by atoms with van der Waals surface area (Å²) in [5, 5.41) is 5.70. The number of thioether (sulfide) groups is 1. The molecule has 1 aliphatic rings. The standard InChI is InChI=1S/C25H26ClF6N3OS/c1-23(11-4-12-37-3)15-35(33-22(23)16-5-10-19(20(26)13-16)25(30,31)32)14-21(36)34(2)18-8-6-17(7-9-18)24(27,28)29/h5-10,13H,4,11-12,14-15H2,1-3H3. The monoisotopic (exact) mass is 565 g/mol. The van der Waals surface area contributed by atoms with Gasteiger partial charge in [-0.05, 0) is 66.8 Å². The van der Waals surface area contributed by atoms with Crippen molar-refractivity contribution in [2.45, 2.75) is 32.1 Å². The van der Waals surface area contributed by atoms with Crippen molar-refractivity contribution in [3.05, 3.63) is 64.2 Å². The van der Waals surface area contributed by atoms with E-state index in [4.69, 9.17) is 11.6 Å². The van der Waals surface area contributed by atoms with E-state index < -0.39 is 39.8 Å². The van der Waals surface area contributed by atoms with E-state index in [9.17, 15) is 31.1 Å². The Labute approximate surface area is 220 Å². The van der Waals surface area contributed by atoms with Crippen LogP contribution in [-0.2, 0) is 17.1 Å². The summed E-state index contributed by atoms with van der Waals surface area (Å²) in [6.07, 6.45) is -5.58. The number of carbonyl (C=O) groups is 1. The van der Waals surface area contributed by atoms with Gasteiger partial charge in [0.15, 0.2) is 0 Å². The van der Waals surface area contributed by atoms with Crippen molar-refractivity contribution in [2.75, 3.05) is 37.0 Å². The third kappa shape index (κ3) is 6.93. The van der Waals surface area contributed by atoms with Gasteiger partial charge in [0, 0.05) is 24.7 Å². The fourth-order valence-corrected chi connectivity index (χ4v) is 4.97. The van der Waals surface area contributed by atoms with E-state index >= 15 is 0 Å². The molecule has 0 bridgehead atoms. The highest BCUT2D eigenvalue weighted by atomic mass is 35.5. The molecular formula is C25H26ClF6N3OS. The first-order valence-electron chi connectivity index (χ1n) is 11.3. The molecule has 1 unspecified atom stereocenters. The Morgan fingerprint density at radius 3 is 2.30 bits per heavy atom. The van der Waals surface area contributed by atoms with E-state index in [0.717, 1.165) is 30.4 Å². The van der Waals surface area contributed by atoms with Gasteiger partial charge in [0.2, 0.25) is 5.91 Å². The number of hydrogen-bond acceptors (Lipinski definition) is 4. The summed E-state index contributed by atoms with van der Waals surface area (Å²) in [4.78, 5) is 14.2. The number of amides is 1. The smallest absolute Gasteiger partial charge is 0.314 e. The molecule has 0 aliphatic carbocycles. The molecule has 1 atom stereocenters. The molecule has 37 heavy (non-hydrogen) atoms. The van der Waals surface area contributed by atoms with Crippen LogP contribution in [0.25, 0.3) is 0 Å². The number of carbonyl (C=O) groups excluding carboxylic acids is 1. The average Bonchev–Trinajstić information content (AvgIpc) is 3.13. The fraction of sp³-hybridized carbons (Fsp3) is 0.440. The lowest BCUT2D eigenvalue weighted by atomic mass is 9.78. The molecule has 0 radical (unpaired) electrons. The van der Waals surface area contributed by atoms with Gasteiger partial charge in [-0.15, -0.1) is 0 Å². The largest absolute Gasteiger partial charge is 0.417 e. The minimum Gasteiger partial charge on any atom is -0.314 e. The van der Waals surface area contributed by atoms with Crippen molar-refractivity contribution in [3.63, 3.8) is 0 Å². The Kier molecular flexibility index (Phi) is 8.78. The van der Waals surface area contributed by atoms with E-state index in [1.165, 1.54) is 36.2 Å². The van der Waals surface area contributed by atoms with Crippen molar-refractivity contribution in [1.82, 2.24) is 5.01 Å². The summed E-state index contributed by atoms with van der Waals surface area (Å²) in [5.74, 6) is 0.480. The highest BCUT2D eigenvalue weighted by Crippen LogP contribution is 2.39. The molecule has 1 aliphatic heterocycles. The maximum absolute atomic E-state index is 13.2. The van der Waals surface area contributed by atoms with E-state index in [1.54, 1.807) is 16.8 Å². The quantitative estimate of drug-likeness (QED) is 0.251. The Morgan fingerprint density at radius 1 is 1.11 bits per heavy atom. The van der Waals surface area contributed by atoms with Crippen molar-refractivity contribution in [2.24, 2.45) is 10.5 Å². The molecule has 12 heteroatoms. The predicted octanol–water partition coefficient (Wildman–Crippen LogP) is 7.21. The second-order valence-electron chi connectivity index (χ2n) is 9.12. The van der Waals surface area contributed by atoms with Crippen LogP contribution in [0, 0.1) is 5.41 Å². The summed E-state index contributed by atoms with van der Waals surface area (Å²) >= 11 is 7.63. The van der Waals surface area contributed by atoms with Crippen LogP contribution in [0.15, 0.2) is 47.6 Å². The number of likely N-dealkylation sites (N-methyl/N-ethyl adjacent to an activating group) is 1. The maximum atomic E-state index is 13.2. The summed E-state index contributed by atoms with van der Waals surface area (Å²) in [5.41, 5.74) is -1.04. The van der Waals surface area contributed by atoms with Crippen LogP contribution in [0.5, 0.6) is 0 Å². The molecule has 2 aromatic carbocycles. The van der Waals surface area contributed by atoms with Crippen LogP contribution in [0.3, 0.4) is 0 Å². The van der Waals surface area contributed by atoms with Gasteiger partial charge < -0.3 is 4.90 Å². The number of anilines is 1. The average molecular weight is 566 g/mol. The molecule has 0 spiro atoms. The second-order valence-corrected chi connectivity index (χ2v) is 10.5. The van der Waals surface area contributed by atoms with Gasteiger partial charge in [-0.2, -0.15) is 43.2 Å². The molecule has 4 nitrogen and oxygen atoms in total. The topological polar surface area (TPSA) is 35.9 Å². The van der Waals surface area contributed by atoms with E-state index in [2.05, 4.69) is 5.10 Å². The highest BCUT2D eigenvalue weighted by Gasteiger charge is 2.41. The van der Waals surface area contributed by atoms with Crippen LogP contribution in [-0.4, -0.2) is 48.8 Å². The van der Waals surface area contributed by atoms with Crippen molar-refractivity contribution >= 4 is 40.7 Å². The summed E-state index contributed by atoms with van der Waals surface area (Å²) in [6, 6.07) is 7.75. The van der Waals surface area contributed by atoms with E-state index in [0.29, 0.717) is 29.9 Å². The zero-order valence-corrected chi connectivity index (χ0v) is 22.0. The lowest BCUT2D eigenvalue weighted by Crippen LogP contribution is -2.38.